The van der Waals surface area contributed by atoms with Gasteiger partial charge in [-0.2, -0.15) is 0 Å². The van der Waals surface area contributed by atoms with Crippen molar-refractivity contribution in [3.63, 3.8) is 0 Å². The highest BCUT2D eigenvalue weighted by Gasteiger charge is 2.29. The molecule has 8 heteroatoms. The van der Waals surface area contributed by atoms with Crippen molar-refractivity contribution in [3.05, 3.63) is 69.1 Å². The van der Waals surface area contributed by atoms with Gasteiger partial charge in [-0.15, -0.1) is 10.2 Å². The minimum Gasteiger partial charge on any atom is -0.505 e. The van der Waals surface area contributed by atoms with E-state index in [2.05, 4.69) is 15.3 Å². The number of H-pyrrole nitrogens is 1. The van der Waals surface area contributed by atoms with Gasteiger partial charge in [0.1, 0.15) is 11.4 Å². The molecule has 3 N–H and O–H groups in total. The molecule has 33 heavy (non-hydrogen) atoms. The standard InChI is InChI=1S/C25H28N4O4/c1-14-10-11-19(12-15(14)2)29-24(31)22(16(3)28-29)27-26-21-9-5-8-20(23(21)30)17-6-4-7-18(13-17)25(32)33/h5,8-12,17-18,28,30H,4,6-7,13H2,1-3H3,(H,32,33). The molecule has 8 nitrogen and oxygen atoms in total. The van der Waals surface area contributed by atoms with Gasteiger partial charge in [-0.05, 0) is 80.8 Å². The van der Waals surface area contributed by atoms with E-state index in [1.165, 1.54) is 4.68 Å². The van der Waals surface area contributed by atoms with Crippen molar-refractivity contribution in [1.29, 1.82) is 0 Å². The lowest BCUT2D eigenvalue weighted by Gasteiger charge is -2.27. The zero-order chi connectivity index (χ0) is 23.7. The molecule has 0 radical (unpaired) electrons. The fourth-order valence-electron chi connectivity index (χ4n) is 4.46. The molecule has 0 bridgehead atoms. The van der Waals surface area contributed by atoms with Gasteiger partial charge in [0, 0.05) is 0 Å². The first kappa shape index (κ1) is 22.5. The summed E-state index contributed by atoms with van der Waals surface area (Å²) in [6.07, 6.45) is 2.76. The highest BCUT2D eigenvalue weighted by Crippen LogP contribution is 2.43. The number of aromatic amines is 1. The molecule has 172 valence electrons. The molecule has 3 aromatic rings. The number of hydrogen-bond acceptors (Lipinski definition) is 5. The summed E-state index contributed by atoms with van der Waals surface area (Å²) in [5.41, 5.74) is 4.26. The number of hydrogen-bond donors (Lipinski definition) is 3. The zero-order valence-corrected chi connectivity index (χ0v) is 19.0. The number of phenols is 1. The molecule has 2 unspecified atom stereocenters. The largest absolute Gasteiger partial charge is 0.505 e. The number of aromatic nitrogens is 2. The Kier molecular flexibility index (Phi) is 6.18. The number of aromatic hydroxyl groups is 1. The third-order valence-corrected chi connectivity index (χ3v) is 6.56. The number of benzene rings is 2. The summed E-state index contributed by atoms with van der Waals surface area (Å²) in [5.74, 6) is -1.26. The number of carboxylic acids is 1. The first-order valence-corrected chi connectivity index (χ1v) is 11.1. The fourth-order valence-corrected chi connectivity index (χ4v) is 4.46. The number of nitrogens with zero attached hydrogens (tertiary/aromatic N) is 3. The van der Waals surface area contributed by atoms with E-state index in [1.54, 1.807) is 25.1 Å². The summed E-state index contributed by atoms with van der Waals surface area (Å²) in [6, 6.07) is 11.0. The third kappa shape index (κ3) is 4.46. The van der Waals surface area contributed by atoms with E-state index in [0.29, 0.717) is 29.8 Å². The molecular formula is C25H28N4O4. The van der Waals surface area contributed by atoms with Crippen molar-refractivity contribution < 1.29 is 15.0 Å². The van der Waals surface area contributed by atoms with Crippen LogP contribution in [0.25, 0.3) is 5.69 Å². The molecule has 1 fully saturated rings. The number of carboxylic acid groups (broad SMARTS) is 1. The van der Waals surface area contributed by atoms with Crippen LogP contribution in [0.15, 0.2) is 51.4 Å². The molecule has 2 atom stereocenters. The number of azo groups is 1. The van der Waals surface area contributed by atoms with Crippen molar-refractivity contribution >= 4 is 17.3 Å². The molecule has 2 aromatic carbocycles. The van der Waals surface area contributed by atoms with Crippen LogP contribution in [0.5, 0.6) is 5.75 Å². The van der Waals surface area contributed by atoms with Crippen LogP contribution in [0, 0.1) is 26.7 Å². The normalized spacial score (nSPS) is 18.6. The summed E-state index contributed by atoms with van der Waals surface area (Å²) in [5, 5.41) is 31.6. The highest BCUT2D eigenvalue weighted by atomic mass is 16.4. The van der Waals surface area contributed by atoms with E-state index in [1.807, 2.05) is 32.0 Å². The summed E-state index contributed by atoms with van der Waals surface area (Å²) >= 11 is 0. The van der Waals surface area contributed by atoms with E-state index < -0.39 is 11.9 Å². The number of phenolic OH excluding ortho intramolecular Hbond substituents is 1. The molecule has 1 saturated carbocycles. The van der Waals surface area contributed by atoms with E-state index in [9.17, 15) is 19.8 Å². The number of para-hydroxylation sites is 1. The lowest BCUT2D eigenvalue weighted by atomic mass is 9.77. The van der Waals surface area contributed by atoms with Crippen molar-refractivity contribution in [2.45, 2.75) is 52.4 Å². The monoisotopic (exact) mass is 448 g/mol. The summed E-state index contributed by atoms with van der Waals surface area (Å²) in [4.78, 5) is 24.4. The van der Waals surface area contributed by atoms with Crippen LogP contribution in [0.1, 0.15) is 54.0 Å². The number of nitrogens with one attached hydrogen (secondary N) is 1. The van der Waals surface area contributed by atoms with Gasteiger partial charge >= 0.3 is 5.97 Å². The van der Waals surface area contributed by atoms with E-state index >= 15 is 0 Å². The average molecular weight is 449 g/mol. The van der Waals surface area contributed by atoms with E-state index in [-0.39, 0.29) is 28.6 Å². The molecule has 4 rings (SSSR count). The van der Waals surface area contributed by atoms with Gasteiger partial charge in [0.15, 0.2) is 5.69 Å². The van der Waals surface area contributed by atoms with Gasteiger partial charge in [-0.3, -0.25) is 14.7 Å². The first-order chi connectivity index (χ1) is 15.8. The van der Waals surface area contributed by atoms with Gasteiger partial charge in [-0.1, -0.05) is 24.6 Å². The maximum Gasteiger partial charge on any atom is 0.306 e. The van der Waals surface area contributed by atoms with Gasteiger partial charge < -0.3 is 10.2 Å². The minimum absolute atomic E-state index is 0.0139. The predicted molar refractivity (Wildman–Crippen MR) is 125 cm³/mol. The topological polar surface area (TPSA) is 120 Å². The van der Waals surface area contributed by atoms with Crippen molar-refractivity contribution in [1.82, 2.24) is 9.78 Å². The molecule has 1 heterocycles. The number of aryl methyl sites for hydroxylation is 3. The number of rotatable bonds is 5. The summed E-state index contributed by atoms with van der Waals surface area (Å²) in [6.45, 7) is 5.75. The van der Waals surface area contributed by atoms with Crippen molar-refractivity contribution in [2.75, 3.05) is 0 Å². The van der Waals surface area contributed by atoms with Gasteiger partial charge in [0.25, 0.3) is 5.56 Å². The molecule has 0 saturated heterocycles. The van der Waals surface area contributed by atoms with Crippen molar-refractivity contribution in [3.8, 4) is 11.4 Å². The lowest BCUT2D eigenvalue weighted by Crippen LogP contribution is -2.21. The van der Waals surface area contributed by atoms with E-state index in [4.69, 9.17) is 0 Å². The fraction of sp³-hybridized carbons (Fsp3) is 0.360. The second-order valence-electron chi connectivity index (χ2n) is 8.81. The van der Waals surface area contributed by atoms with Crippen LogP contribution in [-0.4, -0.2) is 26.0 Å². The molecular weight excluding hydrogens is 420 g/mol. The second kappa shape index (κ2) is 9.05. The summed E-state index contributed by atoms with van der Waals surface area (Å²) < 4.78 is 1.43. The summed E-state index contributed by atoms with van der Waals surface area (Å²) in [7, 11) is 0. The maximum absolute atomic E-state index is 13.0. The van der Waals surface area contributed by atoms with Crippen LogP contribution in [-0.2, 0) is 4.79 Å². The smallest absolute Gasteiger partial charge is 0.306 e. The molecule has 1 aliphatic rings. The minimum atomic E-state index is -0.794. The van der Waals surface area contributed by atoms with E-state index in [0.717, 1.165) is 24.0 Å². The Hall–Kier alpha value is -3.68. The Morgan fingerprint density at radius 2 is 1.88 bits per heavy atom. The zero-order valence-electron chi connectivity index (χ0n) is 19.0. The van der Waals surface area contributed by atoms with Crippen LogP contribution < -0.4 is 5.56 Å². The molecule has 1 aromatic heterocycles. The Bertz CT molecular complexity index is 1290. The molecule has 0 spiro atoms. The Balaban J connectivity index is 1.63. The Morgan fingerprint density at radius 1 is 1.09 bits per heavy atom. The Labute approximate surface area is 191 Å². The van der Waals surface area contributed by atoms with Crippen LogP contribution in [0.4, 0.5) is 11.4 Å². The highest BCUT2D eigenvalue weighted by molar-refractivity contribution is 5.70. The molecule has 1 aliphatic carbocycles. The number of aliphatic carboxylic acids is 1. The molecule has 0 amide bonds. The van der Waals surface area contributed by atoms with Crippen LogP contribution in [0.2, 0.25) is 0 Å². The maximum atomic E-state index is 13.0. The lowest BCUT2D eigenvalue weighted by molar-refractivity contribution is -0.143. The van der Waals surface area contributed by atoms with Gasteiger partial charge in [0.2, 0.25) is 0 Å². The second-order valence-corrected chi connectivity index (χ2v) is 8.81. The van der Waals surface area contributed by atoms with Crippen molar-refractivity contribution in [2.24, 2.45) is 16.1 Å². The van der Waals surface area contributed by atoms with Gasteiger partial charge in [-0.25, -0.2) is 4.68 Å². The predicted octanol–water partition coefficient (Wildman–Crippen LogP) is 5.57. The number of carbonyl (C=O) groups is 1. The quantitative estimate of drug-likeness (QED) is 0.442. The van der Waals surface area contributed by atoms with Gasteiger partial charge in [0.05, 0.1) is 17.3 Å². The third-order valence-electron chi connectivity index (χ3n) is 6.56. The van der Waals surface area contributed by atoms with Crippen LogP contribution in [0.3, 0.4) is 0 Å². The van der Waals surface area contributed by atoms with Crippen LogP contribution >= 0.6 is 0 Å². The molecule has 0 aliphatic heterocycles. The SMILES string of the molecule is Cc1ccc(-n2[nH]c(C)c(N=Nc3cccc(C4CCCC(C(=O)O)C4)c3O)c2=O)cc1C. The average Bonchev–Trinajstić information content (AvgIpc) is 3.08. The Morgan fingerprint density at radius 3 is 2.61 bits per heavy atom. The first-order valence-electron chi connectivity index (χ1n) is 11.1.